The van der Waals surface area contributed by atoms with E-state index in [1.165, 1.54) is 38.5 Å². The molecule has 16 nitrogen and oxygen atoms in total. The second kappa shape index (κ2) is 32.3. The van der Waals surface area contributed by atoms with Crippen LogP contribution >= 0.6 is 0 Å². The lowest BCUT2D eigenvalue weighted by Gasteiger charge is -2.08. The number of alkyl halides is 6. The molecule has 0 unspecified atom stereocenters. The van der Waals surface area contributed by atoms with Crippen molar-refractivity contribution in [3.8, 4) is 0 Å². The van der Waals surface area contributed by atoms with Gasteiger partial charge >= 0.3 is 24.3 Å². The molecule has 0 aliphatic heterocycles. The number of carbonyl (C=O) groups is 6. The number of rotatable bonds is 27. The van der Waals surface area contributed by atoms with Gasteiger partial charge in [0.25, 0.3) is 0 Å². The number of pyridine rings is 2. The molecule has 0 spiro atoms. The van der Waals surface area contributed by atoms with Gasteiger partial charge in [0, 0.05) is 49.5 Å². The number of carboxylic acids is 2. The number of fused-ring (bicyclic) bond motifs is 2. The molecule has 0 bridgehead atoms. The first kappa shape index (κ1) is 57.7. The molecule has 4 aromatic rings. The van der Waals surface area contributed by atoms with Gasteiger partial charge in [-0.15, -0.1) is 0 Å². The van der Waals surface area contributed by atoms with E-state index in [9.17, 15) is 45.5 Å². The van der Waals surface area contributed by atoms with Crippen molar-refractivity contribution in [2.24, 2.45) is 0 Å². The molecule has 2 heterocycles. The van der Waals surface area contributed by atoms with Crippen molar-refractivity contribution < 1.29 is 65.3 Å². The molecule has 22 heteroatoms. The third kappa shape index (κ3) is 27.3. The molecule has 4 rings (SSSR count). The van der Waals surface area contributed by atoms with Gasteiger partial charge in [-0.05, 0) is 88.3 Å². The van der Waals surface area contributed by atoms with E-state index in [-0.39, 0.29) is 49.3 Å². The monoisotopic (exact) mass is 966 g/mol. The zero-order valence-corrected chi connectivity index (χ0v) is 37.6. The molecule has 0 fully saturated rings. The van der Waals surface area contributed by atoms with Crippen molar-refractivity contribution in [3.63, 3.8) is 0 Å². The number of carbonyl (C=O) groups excluding carboxylic acids is 4. The summed E-state index contributed by atoms with van der Waals surface area (Å²) in [5, 5.41) is 34.5. The first-order chi connectivity index (χ1) is 32.3. The van der Waals surface area contributed by atoms with Gasteiger partial charge in [0.2, 0.25) is 23.6 Å². The lowest BCUT2D eigenvalue weighted by Crippen LogP contribution is -2.28. The van der Waals surface area contributed by atoms with Crippen molar-refractivity contribution in [2.45, 2.75) is 102 Å². The normalized spacial score (nSPS) is 11.1. The Labute approximate surface area is 389 Å². The van der Waals surface area contributed by atoms with E-state index in [0.717, 1.165) is 73.7 Å². The maximum absolute atomic E-state index is 12.2. The summed E-state index contributed by atoms with van der Waals surface area (Å²) in [4.78, 5) is 75.3. The van der Waals surface area contributed by atoms with Crippen molar-refractivity contribution in [3.05, 3.63) is 72.8 Å². The van der Waals surface area contributed by atoms with Gasteiger partial charge in [-0.3, -0.25) is 19.2 Å². The fourth-order valence-electron chi connectivity index (χ4n) is 6.01. The van der Waals surface area contributed by atoms with E-state index in [2.05, 4.69) is 41.9 Å². The van der Waals surface area contributed by atoms with Gasteiger partial charge < -0.3 is 42.1 Å². The quantitative estimate of drug-likeness (QED) is 0.0214. The Hall–Kier alpha value is -6.42. The van der Waals surface area contributed by atoms with E-state index >= 15 is 0 Å². The van der Waals surface area contributed by atoms with Crippen LogP contribution in [-0.2, 0) is 28.8 Å². The number of anilines is 2. The van der Waals surface area contributed by atoms with Crippen LogP contribution < -0.4 is 31.9 Å². The number of nitrogens with zero attached hydrogens (tertiary/aromatic N) is 2. The van der Waals surface area contributed by atoms with E-state index < -0.39 is 24.3 Å². The third-order valence-electron chi connectivity index (χ3n) is 9.54. The summed E-state index contributed by atoms with van der Waals surface area (Å²) in [6, 6.07) is 22.8. The molecular weight excluding hydrogens is 907 g/mol. The fourth-order valence-corrected chi connectivity index (χ4v) is 6.01. The molecule has 0 aliphatic rings. The van der Waals surface area contributed by atoms with Crippen LogP contribution in [0.1, 0.15) is 89.9 Å². The minimum absolute atomic E-state index is 0.112. The van der Waals surface area contributed by atoms with Crippen LogP contribution in [-0.4, -0.2) is 107 Å². The highest BCUT2D eigenvalue weighted by Crippen LogP contribution is 2.17. The topological polar surface area (TPSA) is 241 Å². The summed E-state index contributed by atoms with van der Waals surface area (Å²) < 4.78 is 63.5. The van der Waals surface area contributed by atoms with E-state index in [0.29, 0.717) is 24.7 Å². The highest BCUT2D eigenvalue weighted by molar-refractivity contribution is 5.94. The number of para-hydroxylation sites is 2. The molecule has 374 valence electrons. The van der Waals surface area contributed by atoms with Gasteiger partial charge in [0.1, 0.15) is 11.6 Å². The molecule has 2 aromatic heterocycles. The van der Waals surface area contributed by atoms with E-state index in [1.54, 1.807) is 12.1 Å². The SMILES string of the molecule is O=C(CCC(=O)Nc1ccc2ccccc2n1)NCCCNCCCCCCCCCCNCCCNC(=O)CCC(=O)Nc1ccc2ccccc2n1.O=C(O)C(F)(F)F.O=C(O)C(F)(F)F. The van der Waals surface area contributed by atoms with E-state index in [4.69, 9.17) is 19.8 Å². The predicted molar refractivity (Wildman–Crippen MR) is 245 cm³/mol. The highest BCUT2D eigenvalue weighted by Gasteiger charge is 2.39. The number of aromatic nitrogens is 2. The highest BCUT2D eigenvalue weighted by atomic mass is 19.4. The second-order valence-corrected chi connectivity index (χ2v) is 15.2. The van der Waals surface area contributed by atoms with Crippen molar-refractivity contribution in [1.82, 2.24) is 31.2 Å². The zero-order chi connectivity index (χ0) is 50.2. The molecule has 0 aliphatic carbocycles. The summed E-state index contributed by atoms with van der Waals surface area (Å²) in [7, 11) is 0. The molecule has 0 saturated heterocycles. The molecular formula is C46H60F6N8O8. The number of hydrogen-bond acceptors (Lipinski definition) is 10. The number of hydrogen-bond donors (Lipinski definition) is 8. The molecule has 0 atom stereocenters. The van der Waals surface area contributed by atoms with Crippen molar-refractivity contribution in [1.29, 1.82) is 0 Å². The summed E-state index contributed by atoms with van der Waals surface area (Å²) in [6.45, 7) is 4.92. The van der Waals surface area contributed by atoms with Crippen LogP contribution in [0, 0.1) is 0 Å². The maximum Gasteiger partial charge on any atom is 0.490 e. The summed E-state index contributed by atoms with van der Waals surface area (Å²) >= 11 is 0. The minimum Gasteiger partial charge on any atom is -0.475 e. The minimum atomic E-state index is -5.08. The average Bonchev–Trinajstić information content (AvgIpc) is 3.29. The standard InChI is InChI=1S/C42H58N8O4.2C2HF3O2/c51-39(23-25-41(53)49-37-21-19-33-15-7-9-17-35(33)47-37)45-31-13-29-43-27-11-5-3-1-2-4-6-12-28-44-30-14-32-46-40(52)24-26-42(54)50-38-22-20-34-16-8-10-18-36(34)48-38;2*3-2(4,5)1(6)7/h7-10,15-22,43-44H,1-6,11-14,23-32H2,(H,45,51)(H,46,52)(H,47,49,53)(H,48,50,54);2*(H,6,7). The fraction of sp³-hybridized carbons (Fsp3) is 0.478. The maximum atomic E-state index is 12.2. The lowest BCUT2D eigenvalue weighted by molar-refractivity contribution is -0.193. The molecule has 2 aromatic carbocycles. The predicted octanol–water partition coefficient (Wildman–Crippen LogP) is 7.50. The Balaban J connectivity index is 0.000000982. The van der Waals surface area contributed by atoms with Gasteiger partial charge in [-0.2, -0.15) is 26.3 Å². The first-order valence-electron chi connectivity index (χ1n) is 22.2. The third-order valence-corrected chi connectivity index (χ3v) is 9.54. The number of nitrogens with one attached hydrogen (secondary N) is 6. The van der Waals surface area contributed by atoms with Crippen LogP contribution in [0.2, 0.25) is 0 Å². The Morgan fingerprint density at radius 2 is 0.721 bits per heavy atom. The molecule has 0 radical (unpaired) electrons. The molecule has 68 heavy (non-hydrogen) atoms. The zero-order valence-electron chi connectivity index (χ0n) is 37.6. The Morgan fingerprint density at radius 1 is 0.412 bits per heavy atom. The number of unbranched alkanes of at least 4 members (excludes halogenated alkanes) is 7. The van der Waals surface area contributed by atoms with Gasteiger partial charge in [-0.25, -0.2) is 19.6 Å². The largest absolute Gasteiger partial charge is 0.490 e. The lowest BCUT2D eigenvalue weighted by atomic mass is 10.1. The van der Waals surface area contributed by atoms with Crippen molar-refractivity contribution in [2.75, 3.05) is 49.9 Å². The Bertz CT molecular complexity index is 2030. The van der Waals surface area contributed by atoms with Crippen molar-refractivity contribution >= 4 is 69.0 Å². The number of amides is 4. The van der Waals surface area contributed by atoms with Crippen LogP contribution in [0.15, 0.2) is 72.8 Å². The molecule has 4 amide bonds. The summed E-state index contributed by atoms with van der Waals surface area (Å²) in [5.74, 6) is -5.19. The second-order valence-electron chi connectivity index (χ2n) is 15.2. The number of benzene rings is 2. The Kier molecular flexibility index (Phi) is 27.4. The van der Waals surface area contributed by atoms with Crippen LogP contribution in [0.5, 0.6) is 0 Å². The van der Waals surface area contributed by atoms with Gasteiger partial charge in [0.05, 0.1) is 11.0 Å². The van der Waals surface area contributed by atoms with Gasteiger partial charge in [-0.1, -0.05) is 74.9 Å². The van der Waals surface area contributed by atoms with Crippen LogP contribution in [0.4, 0.5) is 38.0 Å². The number of aliphatic carboxylic acids is 2. The molecule has 8 N–H and O–H groups in total. The van der Waals surface area contributed by atoms with Gasteiger partial charge in [0.15, 0.2) is 0 Å². The first-order valence-corrected chi connectivity index (χ1v) is 22.2. The summed E-state index contributed by atoms with van der Waals surface area (Å²) in [6.07, 6.45) is 1.98. The summed E-state index contributed by atoms with van der Waals surface area (Å²) in [5.41, 5.74) is 1.64. The molecule has 0 saturated carbocycles. The average molecular weight is 967 g/mol. The van der Waals surface area contributed by atoms with Crippen LogP contribution in [0.3, 0.4) is 0 Å². The number of halogens is 6. The van der Waals surface area contributed by atoms with Crippen LogP contribution in [0.25, 0.3) is 21.8 Å². The smallest absolute Gasteiger partial charge is 0.475 e. The number of carboxylic acid groups (broad SMARTS) is 2. The Morgan fingerprint density at radius 3 is 1.07 bits per heavy atom. The van der Waals surface area contributed by atoms with E-state index in [1.807, 2.05) is 60.7 Å².